The maximum absolute atomic E-state index is 10.2. The summed E-state index contributed by atoms with van der Waals surface area (Å²) < 4.78 is 24.3. The molecule has 5 aliphatic rings. The van der Waals surface area contributed by atoms with Crippen molar-refractivity contribution in [3.8, 4) is 56.1 Å². The summed E-state index contributed by atoms with van der Waals surface area (Å²) in [4.78, 5) is 25.2. The van der Waals surface area contributed by atoms with Crippen molar-refractivity contribution in [2.45, 2.75) is 126 Å². The van der Waals surface area contributed by atoms with Crippen LogP contribution in [0, 0.1) is 23.7 Å². The van der Waals surface area contributed by atoms with Crippen LogP contribution in [0.1, 0.15) is 128 Å². The van der Waals surface area contributed by atoms with Crippen molar-refractivity contribution in [2.24, 2.45) is 0 Å². The highest BCUT2D eigenvalue weighted by Crippen LogP contribution is 2.40. The summed E-state index contributed by atoms with van der Waals surface area (Å²) in [6, 6.07) is 20.0. The lowest BCUT2D eigenvalue weighted by Gasteiger charge is -2.40. The van der Waals surface area contributed by atoms with Gasteiger partial charge in [0.15, 0.2) is 29.4 Å². The first-order valence-corrected chi connectivity index (χ1v) is 28.0. The Balaban J connectivity index is 0.000000172. The Hall–Kier alpha value is -5.88. The molecule has 0 amide bonds. The molecule has 1 unspecified atom stereocenters. The van der Waals surface area contributed by atoms with E-state index in [2.05, 4.69) is 63.6 Å². The minimum absolute atomic E-state index is 0.122. The van der Waals surface area contributed by atoms with Crippen LogP contribution in [0.4, 0.5) is 11.6 Å². The van der Waals surface area contributed by atoms with Crippen molar-refractivity contribution in [1.82, 2.24) is 29.7 Å². The Morgan fingerprint density at radius 1 is 0.635 bits per heavy atom. The van der Waals surface area contributed by atoms with Gasteiger partial charge in [0.25, 0.3) is 0 Å². The zero-order valence-electron chi connectivity index (χ0n) is 42.7. The van der Waals surface area contributed by atoms with E-state index in [0.717, 1.165) is 159 Å². The van der Waals surface area contributed by atoms with Gasteiger partial charge < -0.3 is 45.3 Å². The fraction of sp³-hybridized carbons (Fsp3) is 0.458. The summed E-state index contributed by atoms with van der Waals surface area (Å²) in [5, 5.41) is 12.6. The molecule has 0 spiro atoms. The third-order valence-electron chi connectivity index (χ3n) is 14.9. The molecule has 6 aromatic rings. The first-order chi connectivity index (χ1) is 36.0. The van der Waals surface area contributed by atoms with E-state index in [0.29, 0.717) is 48.2 Å². The van der Waals surface area contributed by atoms with Crippen molar-refractivity contribution in [2.75, 3.05) is 58.3 Å². The van der Waals surface area contributed by atoms with Gasteiger partial charge in [-0.05, 0) is 171 Å². The zero-order valence-corrected chi connectivity index (χ0v) is 44.3. The molecule has 2 aliphatic carbocycles. The van der Waals surface area contributed by atoms with E-state index < -0.39 is 5.60 Å². The first kappa shape index (κ1) is 51.6. The Kier molecular flexibility index (Phi) is 16.6. The molecule has 0 bridgehead atoms. The highest BCUT2D eigenvalue weighted by Gasteiger charge is 2.39. The van der Waals surface area contributed by atoms with Crippen molar-refractivity contribution >= 4 is 34.3 Å². The number of pyridine rings is 2. The molecule has 2 aromatic carbocycles. The van der Waals surface area contributed by atoms with E-state index >= 15 is 0 Å². The number of hydrogen-bond donors (Lipinski definition) is 3. The van der Waals surface area contributed by atoms with Gasteiger partial charge in [-0.1, -0.05) is 47.9 Å². The number of nitrogens with two attached hydrogens (primary N) is 2. The number of hydrogen-bond acceptors (Lipinski definition) is 15. The third-order valence-corrected chi connectivity index (χ3v) is 17.3. The van der Waals surface area contributed by atoms with Crippen LogP contribution in [0.5, 0.6) is 11.5 Å². The fourth-order valence-corrected chi connectivity index (χ4v) is 11.9. The van der Waals surface area contributed by atoms with E-state index in [9.17, 15) is 5.11 Å². The van der Waals surface area contributed by atoms with E-state index in [-0.39, 0.29) is 11.9 Å². The number of nitrogen functional groups attached to an aromatic ring is 2. The Labute approximate surface area is 444 Å². The predicted molar refractivity (Wildman–Crippen MR) is 294 cm³/mol. The lowest BCUT2D eigenvalue weighted by atomic mass is 9.80. The second-order valence-electron chi connectivity index (χ2n) is 20.6. The molecule has 5 N–H and O–H groups in total. The highest BCUT2D eigenvalue weighted by atomic mass is 32.1. The Bertz CT molecular complexity index is 2980. The summed E-state index contributed by atoms with van der Waals surface area (Å²) in [7, 11) is 4.36. The standard InChI is InChI=1S/C32H38N4O3S.C27H30N4O2S/c1-36-15-10-25(11-16-36)31-35-21-28(40-31)26-19-27(30(33)34-20-26)38-22-24-7-4-6-23(18-24)9-14-32(12-5-13-32)39-29-8-2-3-17-37-29;1-31-12-7-21(8-13-31)26-30-17-24(34-26)22-15-23(25(28)29-16-22)33-18-20-5-2-4-19(14-20)6-11-27(32)9-3-10-27/h4,6-7,18-21,25,29H,2-3,5,8,10-13,15-17,22H2,1H3,(H2,33,34);2,4-5,14-17,21,32H,3,7-10,12-13,18H2,1H3,(H2,28,29). The van der Waals surface area contributed by atoms with Gasteiger partial charge in [0, 0.05) is 65.5 Å². The molecule has 13 nitrogen and oxygen atoms in total. The van der Waals surface area contributed by atoms with Gasteiger partial charge in [-0.25, -0.2) is 19.9 Å². The SMILES string of the molecule is CN1CCC(c2ncc(-c3cnc(N)c(OCc4cccc(C#CC5(O)CCC5)c4)c3)s2)CC1.CN1CCC(c2ncc(-c3cnc(N)c(OCc4cccc(C#CC5(OC6CCCCO6)CCC5)c4)c3)s2)CC1. The van der Waals surface area contributed by atoms with Crippen LogP contribution in [-0.4, -0.2) is 99.2 Å². The van der Waals surface area contributed by atoms with Crippen LogP contribution in [0.25, 0.3) is 20.9 Å². The average Bonchev–Trinajstić information content (AvgIpc) is 4.11. The molecule has 7 heterocycles. The van der Waals surface area contributed by atoms with Crippen LogP contribution in [-0.2, 0) is 22.7 Å². The molecule has 0 radical (unpaired) electrons. The van der Waals surface area contributed by atoms with Crippen molar-refractivity contribution in [1.29, 1.82) is 0 Å². The molecule has 2 saturated carbocycles. The van der Waals surface area contributed by atoms with Crippen LogP contribution < -0.4 is 20.9 Å². The molecule has 4 aromatic heterocycles. The molecule has 15 heteroatoms. The number of rotatable bonds is 12. The predicted octanol–water partition coefficient (Wildman–Crippen LogP) is 10.4. The number of aliphatic hydroxyl groups is 1. The number of thiazole rings is 2. The molecule has 74 heavy (non-hydrogen) atoms. The number of piperidine rings is 2. The van der Waals surface area contributed by atoms with Gasteiger partial charge in [0.05, 0.1) is 19.8 Å². The second kappa shape index (κ2) is 23.8. The topological polar surface area (TPSA) is 167 Å². The molecule has 11 rings (SSSR count). The summed E-state index contributed by atoms with van der Waals surface area (Å²) in [6.45, 7) is 6.01. The summed E-state index contributed by atoms with van der Waals surface area (Å²) in [6.07, 6.45) is 20.8. The lowest BCUT2D eigenvalue weighted by molar-refractivity contribution is -0.226. The van der Waals surface area contributed by atoms with Crippen LogP contribution >= 0.6 is 22.7 Å². The van der Waals surface area contributed by atoms with E-state index in [1.54, 1.807) is 35.1 Å². The second-order valence-corrected chi connectivity index (χ2v) is 22.7. The Morgan fingerprint density at radius 3 is 1.61 bits per heavy atom. The lowest BCUT2D eigenvalue weighted by Crippen LogP contribution is -2.43. The normalized spacial score (nSPS) is 19.8. The summed E-state index contributed by atoms with van der Waals surface area (Å²) >= 11 is 3.49. The van der Waals surface area contributed by atoms with E-state index in [1.807, 2.05) is 67.0 Å². The van der Waals surface area contributed by atoms with Crippen LogP contribution in [0.15, 0.2) is 85.5 Å². The van der Waals surface area contributed by atoms with Gasteiger partial charge in [0.1, 0.15) is 24.4 Å². The first-order valence-electron chi connectivity index (χ1n) is 26.3. The van der Waals surface area contributed by atoms with Crippen molar-refractivity contribution < 1.29 is 24.1 Å². The van der Waals surface area contributed by atoms with Gasteiger partial charge in [-0.15, -0.1) is 22.7 Å². The fourth-order valence-electron chi connectivity index (χ4n) is 9.78. The molecule has 3 aliphatic heterocycles. The minimum atomic E-state index is -0.809. The van der Waals surface area contributed by atoms with Gasteiger partial charge >= 0.3 is 0 Å². The number of aromatic nitrogens is 4. The van der Waals surface area contributed by atoms with Gasteiger partial charge in [-0.3, -0.25) is 0 Å². The molecule has 1 atom stereocenters. The van der Waals surface area contributed by atoms with E-state index in [1.165, 1.54) is 10.0 Å². The molecule has 386 valence electrons. The monoisotopic (exact) mass is 1030 g/mol. The molecule has 3 saturated heterocycles. The van der Waals surface area contributed by atoms with Crippen molar-refractivity contribution in [3.63, 3.8) is 0 Å². The summed E-state index contributed by atoms with van der Waals surface area (Å²) in [5.74, 6) is 15.9. The van der Waals surface area contributed by atoms with Gasteiger partial charge in [-0.2, -0.15) is 0 Å². The summed E-state index contributed by atoms with van der Waals surface area (Å²) in [5.41, 5.74) is 16.9. The maximum atomic E-state index is 10.2. The van der Waals surface area contributed by atoms with Crippen LogP contribution in [0.3, 0.4) is 0 Å². The maximum Gasteiger partial charge on any atom is 0.166 e. The van der Waals surface area contributed by atoms with Gasteiger partial charge in [0.2, 0.25) is 0 Å². The van der Waals surface area contributed by atoms with Crippen LogP contribution in [0.2, 0.25) is 0 Å². The number of anilines is 2. The number of likely N-dealkylation sites (tertiary alicyclic amines) is 2. The molecular weight excluding hydrogens is 965 g/mol. The molecular formula is C59H68N8O5S2. The Morgan fingerprint density at radius 2 is 1.15 bits per heavy atom. The molecule has 5 fully saturated rings. The van der Waals surface area contributed by atoms with Crippen molar-refractivity contribution in [3.05, 3.63) is 118 Å². The average molecular weight is 1030 g/mol. The quantitative estimate of drug-likeness (QED) is 0.0992. The number of ether oxygens (including phenoxy) is 4. The largest absolute Gasteiger partial charge is 0.485 e. The highest BCUT2D eigenvalue weighted by molar-refractivity contribution is 7.15. The number of benzene rings is 2. The smallest absolute Gasteiger partial charge is 0.166 e. The number of nitrogens with zero attached hydrogens (tertiary/aromatic N) is 6. The minimum Gasteiger partial charge on any atom is -0.485 e. The third kappa shape index (κ3) is 13.3. The zero-order chi connectivity index (χ0) is 50.9. The van der Waals surface area contributed by atoms with E-state index in [4.69, 9.17) is 40.4 Å².